The van der Waals surface area contributed by atoms with Crippen LogP contribution in [0.25, 0.3) is 0 Å². The van der Waals surface area contributed by atoms with Crippen LogP contribution in [0.3, 0.4) is 0 Å². The Morgan fingerprint density at radius 3 is 2.65 bits per heavy atom. The van der Waals surface area contributed by atoms with Crippen LogP contribution in [0.1, 0.15) is 17.9 Å². The second-order valence-corrected chi connectivity index (χ2v) is 5.34. The molecule has 0 amide bonds. The lowest BCUT2D eigenvalue weighted by atomic mass is 10.2. The Morgan fingerprint density at radius 2 is 2.10 bits per heavy atom. The van der Waals surface area contributed by atoms with E-state index >= 15 is 0 Å². The maximum absolute atomic E-state index is 13.8. The number of hydrogen-bond acceptors (Lipinski definition) is 5. The van der Waals surface area contributed by atoms with E-state index in [9.17, 15) is 19.6 Å². The van der Waals surface area contributed by atoms with E-state index in [1.165, 1.54) is 24.0 Å². The van der Waals surface area contributed by atoms with Crippen molar-refractivity contribution in [1.29, 1.82) is 0 Å². The van der Waals surface area contributed by atoms with Crippen LogP contribution < -0.4 is 4.90 Å². The first kappa shape index (κ1) is 14.4. The number of nitrogens with zero attached hydrogens (tertiary/aromatic N) is 2. The molecule has 5 nitrogen and oxygen atoms in total. The van der Waals surface area contributed by atoms with Gasteiger partial charge in [-0.2, -0.15) is 0 Å². The zero-order valence-corrected chi connectivity index (χ0v) is 11.7. The summed E-state index contributed by atoms with van der Waals surface area (Å²) in [6, 6.07) is 7.37. The molecule has 106 valence electrons. The minimum atomic E-state index is -0.804. The van der Waals surface area contributed by atoms with Crippen LogP contribution in [0.5, 0.6) is 0 Å². The molecule has 0 radical (unpaired) electrons. The average Bonchev–Trinajstić information content (AvgIpc) is 2.84. The second kappa shape index (κ2) is 5.56. The third kappa shape index (κ3) is 2.63. The highest BCUT2D eigenvalue weighted by atomic mass is 32.1. The van der Waals surface area contributed by atoms with Gasteiger partial charge in [0.1, 0.15) is 5.82 Å². The number of halogens is 1. The lowest BCUT2D eigenvalue weighted by Crippen LogP contribution is -2.11. The van der Waals surface area contributed by atoms with E-state index < -0.39 is 16.8 Å². The predicted octanol–water partition coefficient (Wildman–Crippen LogP) is 3.62. The normalized spacial score (nSPS) is 12.2. The summed E-state index contributed by atoms with van der Waals surface area (Å²) in [5.41, 5.74) is 0.103. The molecule has 1 heterocycles. The maximum Gasteiger partial charge on any atom is 0.304 e. The zero-order valence-electron chi connectivity index (χ0n) is 10.9. The first-order valence-electron chi connectivity index (χ1n) is 5.86. The monoisotopic (exact) mass is 296 g/mol. The molecule has 0 aliphatic rings. The lowest BCUT2D eigenvalue weighted by molar-refractivity contribution is -0.383. The summed E-state index contributed by atoms with van der Waals surface area (Å²) in [5, 5.41) is 20.9. The van der Waals surface area contributed by atoms with Crippen LogP contribution in [-0.4, -0.2) is 17.1 Å². The lowest BCUT2D eigenvalue weighted by Gasteiger charge is -2.17. The SMILES string of the molecule is C[C@@H](O)c1cc([N+](=O)[O-])c(N(C)c2ccccc2F)s1. The van der Waals surface area contributed by atoms with Gasteiger partial charge in [-0.15, -0.1) is 11.3 Å². The van der Waals surface area contributed by atoms with E-state index in [1.54, 1.807) is 25.2 Å². The predicted molar refractivity (Wildman–Crippen MR) is 76.1 cm³/mol. The molecule has 1 aromatic carbocycles. The van der Waals surface area contributed by atoms with Crippen LogP contribution in [0.4, 0.5) is 20.8 Å². The molecule has 2 rings (SSSR count). The number of rotatable bonds is 4. The molecule has 0 fully saturated rings. The number of benzene rings is 1. The number of para-hydroxylation sites is 1. The molecular weight excluding hydrogens is 283 g/mol. The van der Waals surface area contributed by atoms with Crippen molar-refractivity contribution in [2.45, 2.75) is 13.0 Å². The van der Waals surface area contributed by atoms with Gasteiger partial charge in [-0.05, 0) is 19.1 Å². The van der Waals surface area contributed by atoms with Gasteiger partial charge in [-0.3, -0.25) is 10.1 Å². The Balaban J connectivity index is 2.51. The molecule has 0 saturated heterocycles. The molecule has 1 aromatic heterocycles. The molecule has 1 N–H and O–H groups in total. The third-order valence-corrected chi connectivity index (χ3v) is 4.21. The maximum atomic E-state index is 13.8. The molecule has 0 aliphatic heterocycles. The van der Waals surface area contributed by atoms with Gasteiger partial charge in [-0.25, -0.2) is 4.39 Å². The Kier molecular flexibility index (Phi) is 4.01. The summed E-state index contributed by atoms with van der Waals surface area (Å²) in [7, 11) is 1.56. The van der Waals surface area contributed by atoms with Crippen LogP contribution in [-0.2, 0) is 0 Å². The minimum Gasteiger partial charge on any atom is -0.388 e. The van der Waals surface area contributed by atoms with Gasteiger partial charge in [-0.1, -0.05) is 12.1 Å². The van der Waals surface area contributed by atoms with Gasteiger partial charge in [0.05, 0.1) is 16.7 Å². The molecular formula is C13H13FN2O3S. The van der Waals surface area contributed by atoms with Gasteiger partial charge in [0.25, 0.3) is 0 Å². The summed E-state index contributed by atoms with van der Waals surface area (Å²) in [4.78, 5) is 12.4. The average molecular weight is 296 g/mol. The first-order valence-corrected chi connectivity index (χ1v) is 6.68. The number of aliphatic hydroxyl groups is 1. The third-order valence-electron chi connectivity index (χ3n) is 2.84. The summed E-state index contributed by atoms with van der Waals surface area (Å²) in [5.74, 6) is -0.462. The van der Waals surface area contributed by atoms with Gasteiger partial charge in [0.2, 0.25) is 0 Å². The molecule has 0 spiro atoms. The molecule has 1 atom stereocenters. The van der Waals surface area contributed by atoms with Gasteiger partial charge < -0.3 is 10.0 Å². The summed E-state index contributed by atoms with van der Waals surface area (Å²) in [6.07, 6.45) is -0.804. The molecule has 2 aromatic rings. The van der Waals surface area contributed by atoms with Crippen molar-refractivity contribution in [2.75, 3.05) is 11.9 Å². The van der Waals surface area contributed by atoms with Gasteiger partial charge in [0.15, 0.2) is 5.00 Å². The number of hydrogen-bond donors (Lipinski definition) is 1. The number of nitro groups is 1. The quantitative estimate of drug-likeness (QED) is 0.691. The first-order chi connectivity index (χ1) is 9.41. The van der Waals surface area contributed by atoms with Crippen LogP contribution in [0.2, 0.25) is 0 Å². The summed E-state index contributed by atoms with van der Waals surface area (Å²) >= 11 is 1.08. The zero-order chi connectivity index (χ0) is 14.9. The molecule has 20 heavy (non-hydrogen) atoms. The highest BCUT2D eigenvalue weighted by Gasteiger charge is 2.25. The Bertz CT molecular complexity index is 642. The number of anilines is 2. The van der Waals surface area contributed by atoms with E-state index in [2.05, 4.69) is 0 Å². The van der Waals surface area contributed by atoms with E-state index in [4.69, 9.17) is 0 Å². The molecule has 0 bridgehead atoms. The molecule has 0 unspecified atom stereocenters. The molecule has 0 saturated carbocycles. The standard InChI is InChI=1S/C13H13FN2O3S/c1-8(17)12-7-11(16(18)19)13(20-12)15(2)10-6-4-3-5-9(10)14/h3-8,17H,1-2H3/t8-/m1/s1. The van der Waals surface area contributed by atoms with Gasteiger partial charge in [0, 0.05) is 18.0 Å². The van der Waals surface area contributed by atoms with Crippen LogP contribution >= 0.6 is 11.3 Å². The fourth-order valence-corrected chi connectivity index (χ4v) is 2.84. The van der Waals surface area contributed by atoms with Crippen molar-refractivity contribution >= 4 is 27.7 Å². The van der Waals surface area contributed by atoms with E-state index in [-0.39, 0.29) is 16.4 Å². The van der Waals surface area contributed by atoms with E-state index in [1.807, 2.05) is 0 Å². The summed E-state index contributed by atoms with van der Waals surface area (Å²) in [6.45, 7) is 1.53. The smallest absolute Gasteiger partial charge is 0.304 e. The number of thiophene rings is 1. The fourth-order valence-electron chi connectivity index (χ4n) is 1.80. The topological polar surface area (TPSA) is 66.6 Å². The van der Waals surface area contributed by atoms with E-state index in [0.717, 1.165) is 11.3 Å². The largest absolute Gasteiger partial charge is 0.388 e. The highest BCUT2D eigenvalue weighted by molar-refractivity contribution is 7.16. The highest BCUT2D eigenvalue weighted by Crippen LogP contribution is 2.42. The van der Waals surface area contributed by atoms with Crippen molar-refractivity contribution in [3.8, 4) is 0 Å². The minimum absolute atomic E-state index is 0.142. The fraction of sp³-hybridized carbons (Fsp3) is 0.231. The van der Waals surface area contributed by atoms with Gasteiger partial charge >= 0.3 is 5.69 Å². The van der Waals surface area contributed by atoms with Crippen LogP contribution in [0.15, 0.2) is 30.3 Å². The Hall–Kier alpha value is -1.99. The second-order valence-electron chi connectivity index (χ2n) is 4.28. The molecule has 7 heteroatoms. The molecule has 0 aliphatic carbocycles. The van der Waals surface area contributed by atoms with Crippen molar-refractivity contribution in [2.24, 2.45) is 0 Å². The Morgan fingerprint density at radius 1 is 1.45 bits per heavy atom. The van der Waals surface area contributed by atoms with Crippen molar-refractivity contribution < 1.29 is 14.4 Å². The summed E-state index contributed by atoms with van der Waals surface area (Å²) < 4.78 is 13.8. The number of aliphatic hydroxyl groups excluding tert-OH is 1. The van der Waals surface area contributed by atoms with E-state index in [0.29, 0.717) is 4.88 Å². The van der Waals surface area contributed by atoms with Crippen molar-refractivity contribution in [3.63, 3.8) is 0 Å². The van der Waals surface area contributed by atoms with Crippen molar-refractivity contribution in [3.05, 3.63) is 51.1 Å². The van der Waals surface area contributed by atoms with Crippen LogP contribution in [0, 0.1) is 15.9 Å². The Labute approximate surface area is 119 Å². The van der Waals surface area contributed by atoms with Crippen molar-refractivity contribution in [1.82, 2.24) is 0 Å².